The number of carbonyl (C=O) groups excluding carboxylic acids is 1. The van der Waals surface area contributed by atoms with Crippen molar-refractivity contribution in [2.24, 2.45) is 0 Å². The summed E-state index contributed by atoms with van der Waals surface area (Å²) in [6.07, 6.45) is 0. The monoisotopic (exact) mass is 297 g/mol. The lowest BCUT2D eigenvalue weighted by Crippen LogP contribution is -2.41. The van der Waals surface area contributed by atoms with E-state index >= 15 is 0 Å². The number of benzene rings is 1. The van der Waals surface area contributed by atoms with Crippen molar-refractivity contribution in [3.63, 3.8) is 0 Å². The molecule has 8 heteroatoms. The van der Waals surface area contributed by atoms with Crippen molar-refractivity contribution in [1.82, 2.24) is 5.32 Å². The Hall–Kier alpha value is -1.64. The van der Waals surface area contributed by atoms with Gasteiger partial charge in [0.1, 0.15) is 0 Å². The molecule has 1 aliphatic heterocycles. The molecule has 1 aromatic rings. The van der Waals surface area contributed by atoms with Gasteiger partial charge in [0.05, 0.1) is 23.8 Å². The minimum Gasteiger partial charge on any atom is -0.395 e. The molecule has 0 spiro atoms. The van der Waals surface area contributed by atoms with E-state index in [0.717, 1.165) is 4.90 Å². The molecule has 0 fully saturated rings. The van der Waals surface area contributed by atoms with Crippen molar-refractivity contribution >= 4 is 29.0 Å². The van der Waals surface area contributed by atoms with Crippen LogP contribution in [0.2, 0.25) is 0 Å². The van der Waals surface area contributed by atoms with Gasteiger partial charge in [-0.3, -0.25) is 14.9 Å². The minimum absolute atomic E-state index is 0.0219. The highest BCUT2D eigenvalue weighted by Gasteiger charge is 2.24. The second-order valence-corrected chi connectivity index (χ2v) is 5.34. The van der Waals surface area contributed by atoms with Gasteiger partial charge in [-0.15, -0.1) is 11.8 Å². The van der Waals surface area contributed by atoms with Crippen molar-refractivity contribution in [1.29, 1.82) is 0 Å². The molecule has 1 aromatic carbocycles. The van der Waals surface area contributed by atoms with E-state index in [-0.39, 0.29) is 24.7 Å². The number of hydrogen-bond acceptors (Lipinski definition) is 6. The average Bonchev–Trinajstić information content (AvgIpc) is 2.46. The molecule has 1 aliphatic rings. The van der Waals surface area contributed by atoms with E-state index in [2.05, 4.69) is 5.32 Å². The highest BCUT2D eigenvalue weighted by Crippen LogP contribution is 2.37. The number of carbonyl (C=O) groups is 1. The molecular weight excluding hydrogens is 282 g/mol. The zero-order valence-electron chi connectivity index (χ0n) is 10.7. The van der Waals surface area contributed by atoms with E-state index < -0.39 is 4.92 Å². The number of nitro benzene ring substituents is 1. The van der Waals surface area contributed by atoms with Crippen LogP contribution >= 0.6 is 11.8 Å². The summed E-state index contributed by atoms with van der Waals surface area (Å²) in [6, 6.07) is 4.52. The lowest BCUT2D eigenvalue weighted by molar-refractivity contribution is -0.385. The molecule has 0 radical (unpaired) electrons. The number of nitrogens with one attached hydrogen (secondary N) is 1. The molecule has 7 nitrogen and oxygen atoms in total. The van der Waals surface area contributed by atoms with Crippen molar-refractivity contribution in [2.45, 2.75) is 4.90 Å². The third-order valence-electron chi connectivity index (χ3n) is 2.88. The Labute approximate surface area is 120 Å². The maximum atomic E-state index is 12.1. The third kappa shape index (κ3) is 3.27. The van der Waals surface area contributed by atoms with E-state index in [9.17, 15) is 14.9 Å². The Morgan fingerprint density at radius 3 is 3.05 bits per heavy atom. The van der Waals surface area contributed by atoms with E-state index in [0.29, 0.717) is 24.5 Å². The molecular formula is C12H15N3O4S. The van der Waals surface area contributed by atoms with Gasteiger partial charge in [0.2, 0.25) is 5.91 Å². The highest BCUT2D eigenvalue weighted by molar-refractivity contribution is 7.99. The largest absolute Gasteiger partial charge is 0.395 e. The second kappa shape index (κ2) is 6.69. The van der Waals surface area contributed by atoms with Crippen LogP contribution in [-0.4, -0.2) is 47.9 Å². The number of aliphatic hydroxyl groups excluding tert-OH is 1. The number of rotatable bonds is 5. The van der Waals surface area contributed by atoms with Gasteiger partial charge >= 0.3 is 0 Å². The van der Waals surface area contributed by atoms with Crippen LogP contribution in [0.25, 0.3) is 0 Å². The van der Waals surface area contributed by atoms with Gasteiger partial charge in [-0.25, -0.2) is 0 Å². The molecule has 1 amide bonds. The number of aliphatic hydroxyl groups is 1. The molecule has 0 saturated carbocycles. The summed E-state index contributed by atoms with van der Waals surface area (Å²) in [5.41, 5.74) is 0.742. The van der Waals surface area contributed by atoms with Crippen LogP contribution < -0.4 is 10.2 Å². The Morgan fingerprint density at radius 2 is 2.35 bits per heavy atom. The summed E-state index contributed by atoms with van der Waals surface area (Å²) in [4.78, 5) is 24.8. The number of nitro groups is 1. The summed E-state index contributed by atoms with van der Waals surface area (Å²) in [5.74, 6) is 0.605. The van der Waals surface area contributed by atoms with E-state index in [1.54, 1.807) is 11.0 Å². The van der Waals surface area contributed by atoms with Gasteiger partial charge in [0, 0.05) is 35.9 Å². The topological polar surface area (TPSA) is 95.7 Å². The first-order valence-corrected chi connectivity index (χ1v) is 7.15. The first-order valence-electron chi connectivity index (χ1n) is 6.16. The normalized spacial score (nSPS) is 13.9. The third-order valence-corrected chi connectivity index (χ3v) is 3.91. The molecule has 20 heavy (non-hydrogen) atoms. The summed E-state index contributed by atoms with van der Waals surface area (Å²) in [5, 5.41) is 22.3. The molecule has 0 atom stereocenters. The van der Waals surface area contributed by atoms with Gasteiger partial charge < -0.3 is 15.3 Å². The molecule has 0 aliphatic carbocycles. The van der Waals surface area contributed by atoms with Gasteiger partial charge in [-0.1, -0.05) is 0 Å². The predicted molar refractivity (Wildman–Crippen MR) is 76.1 cm³/mol. The summed E-state index contributed by atoms with van der Waals surface area (Å²) in [6.45, 7) is 1.06. The fourth-order valence-corrected chi connectivity index (χ4v) is 2.98. The van der Waals surface area contributed by atoms with Crippen LogP contribution in [0, 0.1) is 10.1 Å². The zero-order valence-corrected chi connectivity index (χ0v) is 11.6. The number of fused-ring (bicyclic) bond motifs is 1. The van der Waals surface area contributed by atoms with Crippen LogP contribution in [0.4, 0.5) is 11.4 Å². The van der Waals surface area contributed by atoms with Crippen LogP contribution in [0.5, 0.6) is 0 Å². The maximum absolute atomic E-state index is 12.1. The van der Waals surface area contributed by atoms with Crippen molar-refractivity contribution < 1.29 is 14.8 Å². The lowest BCUT2D eigenvalue weighted by atomic mass is 10.2. The molecule has 0 aromatic heterocycles. The fraction of sp³-hybridized carbons (Fsp3) is 0.417. The van der Waals surface area contributed by atoms with E-state index in [1.807, 2.05) is 0 Å². The first kappa shape index (κ1) is 14.8. The van der Waals surface area contributed by atoms with Crippen molar-refractivity contribution in [3.8, 4) is 0 Å². The number of thioether (sulfide) groups is 1. The van der Waals surface area contributed by atoms with Crippen LogP contribution in [0.15, 0.2) is 23.1 Å². The van der Waals surface area contributed by atoms with Crippen molar-refractivity contribution in [2.75, 3.05) is 36.9 Å². The first-order chi connectivity index (χ1) is 9.63. The smallest absolute Gasteiger partial charge is 0.270 e. The number of hydrogen-bond donors (Lipinski definition) is 2. The number of anilines is 1. The van der Waals surface area contributed by atoms with Crippen molar-refractivity contribution in [3.05, 3.63) is 28.3 Å². The lowest BCUT2D eigenvalue weighted by Gasteiger charge is -2.29. The fourth-order valence-electron chi connectivity index (χ4n) is 1.95. The average molecular weight is 297 g/mol. The maximum Gasteiger partial charge on any atom is 0.270 e. The molecule has 0 unspecified atom stereocenters. The standard InChI is InChI=1S/C12H15N3O4S/c16-5-3-13-8-12(17)14-4-6-20-11-7-9(15(18)19)1-2-10(11)14/h1-2,7,13,16H,3-6,8H2. The molecule has 0 bridgehead atoms. The summed E-state index contributed by atoms with van der Waals surface area (Å²) in [7, 11) is 0. The highest BCUT2D eigenvalue weighted by atomic mass is 32.2. The predicted octanol–water partition coefficient (Wildman–Crippen LogP) is 0.615. The van der Waals surface area contributed by atoms with Gasteiger partial charge in [-0.05, 0) is 6.07 Å². The number of nitrogens with zero attached hydrogens (tertiary/aromatic N) is 2. The molecule has 108 valence electrons. The Kier molecular flexibility index (Phi) is 4.94. The van der Waals surface area contributed by atoms with Crippen LogP contribution in [-0.2, 0) is 4.79 Å². The molecule has 0 saturated heterocycles. The Bertz CT molecular complexity index is 523. The quantitative estimate of drug-likeness (QED) is 0.470. The van der Waals surface area contributed by atoms with E-state index in [4.69, 9.17) is 5.11 Å². The second-order valence-electron chi connectivity index (χ2n) is 4.20. The zero-order chi connectivity index (χ0) is 14.5. The molecule has 2 rings (SSSR count). The molecule has 2 N–H and O–H groups in total. The molecule has 1 heterocycles. The van der Waals surface area contributed by atoms with Gasteiger partial charge in [0.15, 0.2) is 0 Å². The summed E-state index contributed by atoms with van der Waals surface area (Å²) >= 11 is 1.51. The summed E-state index contributed by atoms with van der Waals surface area (Å²) < 4.78 is 0. The number of amides is 1. The van der Waals surface area contributed by atoms with E-state index in [1.165, 1.54) is 23.9 Å². The van der Waals surface area contributed by atoms with Crippen LogP contribution in [0.1, 0.15) is 0 Å². The Morgan fingerprint density at radius 1 is 1.55 bits per heavy atom. The van der Waals surface area contributed by atoms with Gasteiger partial charge in [0.25, 0.3) is 5.69 Å². The number of non-ortho nitro benzene ring substituents is 1. The Balaban J connectivity index is 2.15. The minimum atomic E-state index is -0.440. The van der Waals surface area contributed by atoms with Crippen LogP contribution in [0.3, 0.4) is 0 Å². The van der Waals surface area contributed by atoms with Gasteiger partial charge in [-0.2, -0.15) is 0 Å². The SMILES string of the molecule is O=C(CNCCO)N1CCSc2cc([N+](=O)[O-])ccc21.